The number of carbonyl (C=O) groups excluding carboxylic acids is 2. The molecule has 10 heteroatoms. The minimum atomic E-state index is -0.394. The van der Waals surface area contributed by atoms with E-state index >= 15 is 0 Å². The first-order chi connectivity index (χ1) is 15.5. The van der Waals surface area contributed by atoms with Crippen molar-refractivity contribution < 1.29 is 18.7 Å². The van der Waals surface area contributed by atoms with Crippen LogP contribution in [0.3, 0.4) is 0 Å². The molecule has 0 radical (unpaired) electrons. The van der Waals surface area contributed by atoms with Crippen LogP contribution in [0.25, 0.3) is 21.5 Å². The number of hydrogen-bond acceptors (Lipinski definition) is 9. The van der Waals surface area contributed by atoms with Crippen molar-refractivity contribution in [2.24, 2.45) is 5.10 Å². The number of aryl methyl sites for hydroxylation is 1. The number of rotatable bonds is 6. The molecule has 0 aliphatic heterocycles. The van der Waals surface area contributed by atoms with E-state index in [9.17, 15) is 9.59 Å². The number of thiophene rings is 1. The van der Waals surface area contributed by atoms with Gasteiger partial charge in [0, 0.05) is 5.56 Å². The predicted octanol–water partition coefficient (Wildman–Crippen LogP) is 3.78. The second-order valence-corrected chi connectivity index (χ2v) is 7.70. The van der Waals surface area contributed by atoms with E-state index in [4.69, 9.17) is 14.9 Å². The van der Waals surface area contributed by atoms with Gasteiger partial charge in [-0.05, 0) is 43.7 Å². The lowest BCUT2D eigenvalue weighted by molar-refractivity contribution is 0.0526. The van der Waals surface area contributed by atoms with Crippen molar-refractivity contribution in [1.29, 1.82) is 0 Å². The largest absolute Gasteiger partial charge is 0.462 e. The highest BCUT2D eigenvalue weighted by atomic mass is 32.1. The van der Waals surface area contributed by atoms with Gasteiger partial charge < -0.3 is 14.9 Å². The molecule has 3 N–H and O–H groups in total. The van der Waals surface area contributed by atoms with Gasteiger partial charge in [-0.1, -0.05) is 12.1 Å². The normalized spacial score (nSPS) is 11.2. The maximum atomic E-state index is 12.5. The van der Waals surface area contributed by atoms with Gasteiger partial charge in [-0.15, -0.1) is 11.3 Å². The zero-order chi connectivity index (χ0) is 22.7. The van der Waals surface area contributed by atoms with Crippen molar-refractivity contribution in [2.75, 3.05) is 12.3 Å². The Morgan fingerprint density at radius 1 is 1.28 bits per heavy atom. The summed E-state index contributed by atoms with van der Waals surface area (Å²) in [6.07, 6.45) is 2.76. The summed E-state index contributed by atoms with van der Waals surface area (Å²) in [5, 5.41) is 4.65. The number of fused-ring (bicyclic) bond motifs is 1. The van der Waals surface area contributed by atoms with Gasteiger partial charge in [0.25, 0.3) is 5.91 Å². The molecule has 0 bridgehead atoms. The minimum Gasteiger partial charge on any atom is -0.462 e. The molecule has 0 aliphatic rings. The Balaban J connectivity index is 1.46. The quantitative estimate of drug-likeness (QED) is 0.260. The van der Waals surface area contributed by atoms with Crippen molar-refractivity contribution in [3.05, 3.63) is 64.5 Å². The summed E-state index contributed by atoms with van der Waals surface area (Å²) in [7, 11) is 0. The van der Waals surface area contributed by atoms with Gasteiger partial charge in [0.05, 0.1) is 28.6 Å². The standard InChI is InChI=1S/C22H19N5O4S/c1-3-30-22(29)14-6-4-5-13(9-14)16-8-7-15(31-16)10-26-27-20(28)18-12(2)17-19(23)24-11-25-21(17)32-18/h4-11H,3H2,1-2H3,(H,27,28)(H2,23,24,25)/b26-10-. The summed E-state index contributed by atoms with van der Waals surface area (Å²) in [6, 6.07) is 10.4. The molecular formula is C22H19N5O4S. The van der Waals surface area contributed by atoms with Crippen LogP contribution in [0, 0.1) is 6.92 Å². The molecule has 0 saturated heterocycles. The Morgan fingerprint density at radius 2 is 2.12 bits per heavy atom. The molecule has 0 unspecified atom stereocenters. The van der Waals surface area contributed by atoms with Crippen LogP contribution in [-0.4, -0.2) is 34.7 Å². The minimum absolute atomic E-state index is 0.304. The molecule has 0 saturated carbocycles. The Kier molecular flexibility index (Phi) is 5.95. The highest BCUT2D eigenvalue weighted by Gasteiger charge is 2.18. The Hall–Kier alpha value is -4.05. The van der Waals surface area contributed by atoms with Crippen LogP contribution >= 0.6 is 11.3 Å². The molecule has 4 aromatic rings. The number of nitrogens with one attached hydrogen (secondary N) is 1. The fourth-order valence-electron chi connectivity index (χ4n) is 3.11. The van der Waals surface area contributed by atoms with Crippen molar-refractivity contribution in [3.8, 4) is 11.3 Å². The Labute approximate surface area is 186 Å². The van der Waals surface area contributed by atoms with Crippen LogP contribution in [0.5, 0.6) is 0 Å². The van der Waals surface area contributed by atoms with E-state index in [1.165, 1.54) is 23.9 Å². The van der Waals surface area contributed by atoms with Gasteiger partial charge in [-0.3, -0.25) is 4.79 Å². The molecule has 1 aromatic carbocycles. The molecule has 3 heterocycles. The third kappa shape index (κ3) is 4.21. The number of carbonyl (C=O) groups is 2. The molecule has 0 atom stereocenters. The lowest BCUT2D eigenvalue weighted by Crippen LogP contribution is -2.17. The zero-order valence-electron chi connectivity index (χ0n) is 17.3. The number of nitrogens with two attached hydrogens (primary N) is 1. The summed E-state index contributed by atoms with van der Waals surface area (Å²) in [4.78, 5) is 33.7. The van der Waals surface area contributed by atoms with E-state index in [0.717, 1.165) is 5.56 Å². The number of anilines is 1. The van der Waals surface area contributed by atoms with Gasteiger partial charge in [0.15, 0.2) is 0 Å². The third-order valence-corrected chi connectivity index (χ3v) is 5.80. The van der Waals surface area contributed by atoms with E-state index in [0.29, 0.717) is 50.2 Å². The summed E-state index contributed by atoms with van der Waals surface area (Å²) < 4.78 is 10.8. The molecule has 0 aliphatic carbocycles. The van der Waals surface area contributed by atoms with E-state index < -0.39 is 5.97 Å². The number of benzene rings is 1. The maximum absolute atomic E-state index is 12.5. The van der Waals surface area contributed by atoms with Crippen LogP contribution in [-0.2, 0) is 4.74 Å². The summed E-state index contributed by atoms with van der Waals surface area (Å²) in [5.41, 5.74) is 10.2. The highest BCUT2D eigenvalue weighted by Crippen LogP contribution is 2.31. The van der Waals surface area contributed by atoms with Gasteiger partial charge >= 0.3 is 5.97 Å². The third-order valence-electron chi connectivity index (χ3n) is 4.61. The maximum Gasteiger partial charge on any atom is 0.338 e. The number of amides is 1. The second kappa shape index (κ2) is 8.98. The molecular weight excluding hydrogens is 430 g/mol. The average molecular weight is 449 g/mol. The molecule has 0 fully saturated rings. The van der Waals surface area contributed by atoms with Crippen LogP contribution in [0.1, 0.15) is 38.3 Å². The van der Waals surface area contributed by atoms with Crippen molar-refractivity contribution >= 4 is 45.5 Å². The van der Waals surface area contributed by atoms with E-state index in [1.807, 2.05) is 6.07 Å². The van der Waals surface area contributed by atoms with Crippen LogP contribution in [0.2, 0.25) is 0 Å². The molecule has 162 valence electrons. The van der Waals surface area contributed by atoms with Crippen molar-refractivity contribution in [3.63, 3.8) is 0 Å². The number of hydrogen-bond donors (Lipinski definition) is 2. The Bertz CT molecular complexity index is 1340. The van der Waals surface area contributed by atoms with Crippen molar-refractivity contribution in [2.45, 2.75) is 13.8 Å². The van der Waals surface area contributed by atoms with E-state index in [2.05, 4.69) is 20.5 Å². The fraction of sp³-hybridized carbons (Fsp3) is 0.136. The lowest BCUT2D eigenvalue weighted by Gasteiger charge is -2.03. The number of esters is 1. The lowest BCUT2D eigenvalue weighted by atomic mass is 10.1. The average Bonchev–Trinajstić information content (AvgIpc) is 3.39. The second-order valence-electron chi connectivity index (χ2n) is 6.70. The number of nitrogens with zero attached hydrogens (tertiary/aromatic N) is 3. The molecule has 9 nitrogen and oxygen atoms in total. The van der Waals surface area contributed by atoms with Crippen molar-refractivity contribution in [1.82, 2.24) is 15.4 Å². The molecule has 1 amide bonds. The first-order valence-electron chi connectivity index (χ1n) is 9.68. The molecule has 3 aromatic heterocycles. The Morgan fingerprint density at radius 3 is 2.91 bits per heavy atom. The zero-order valence-corrected chi connectivity index (χ0v) is 18.1. The van der Waals surface area contributed by atoms with Crippen LogP contribution in [0.15, 0.2) is 52.2 Å². The van der Waals surface area contributed by atoms with Gasteiger partial charge in [-0.25, -0.2) is 20.2 Å². The number of nitrogen functional groups attached to an aromatic ring is 1. The SMILES string of the molecule is CCOC(=O)c1cccc(-c2ccc(/C=N\NC(=O)c3sc4ncnc(N)c4c3C)o2)c1. The van der Waals surface area contributed by atoms with Gasteiger partial charge in [0.2, 0.25) is 0 Å². The summed E-state index contributed by atoms with van der Waals surface area (Å²) in [5.74, 6) is 0.550. The summed E-state index contributed by atoms with van der Waals surface area (Å²) in [6.45, 7) is 3.85. The monoisotopic (exact) mass is 449 g/mol. The van der Waals surface area contributed by atoms with Crippen LogP contribution < -0.4 is 11.2 Å². The van der Waals surface area contributed by atoms with Crippen LogP contribution in [0.4, 0.5) is 5.82 Å². The fourth-order valence-corrected chi connectivity index (χ4v) is 4.16. The van der Waals surface area contributed by atoms with Gasteiger partial charge in [-0.2, -0.15) is 5.10 Å². The highest BCUT2D eigenvalue weighted by molar-refractivity contribution is 7.20. The molecule has 32 heavy (non-hydrogen) atoms. The molecule has 4 rings (SSSR count). The summed E-state index contributed by atoms with van der Waals surface area (Å²) >= 11 is 1.22. The molecule has 0 spiro atoms. The topological polar surface area (TPSA) is 133 Å². The smallest absolute Gasteiger partial charge is 0.338 e. The van der Waals surface area contributed by atoms with E-state index in [-0.39, 0.29) is 5.91 Å². The van der Waals surface area contributed by atoms with E-state index in [1.54, 1.807) is 44.2 Å². The first kappa shape index (κ1) is 21.2. The van der Waals surface area contributed by atoms with Gasteiger partial charge in [0.1, 0.15) is 28.5 Å². The number of furan rings is 1. The predicted molar refractivity (Wildman–Crippen MR) is 122 cm³/mol. The number of hydrazone groups is 1. The number of ether oxygens (including phenoxy) is 1. The first-order valence-corrected chi connectivity index (χ1v) is 10.5. The number of aromatic nitrogens is 2.